The monoisotopic (exact) mass is 314 g/mol. The Morgan fingerprint density at radius 1 is 1.30 bits per heavy atom. The second kappa shape index (κ2) is 6.65. The number of benzene rings is 1. The molecule has 1 aliphatic heterocycles. The van der Waals surface area contributed by atoms with Gasteiger partial charge in [0.25, 0.3) is 0 Å². The van der Waals surface area contributed by atoms with E-state index in [1.807, 2.05) is 18.2 Å². The topological polar surface area (TPSA) is 15.3 Å². The number of hydrogen-bond acceptors (Lipinski definition) is 2. The van der Waals surface area contributed by atoms with Crippen molar-refractivity contribution in [2.75, 3.05) is 13.1 Å². The van der Waals surface area contributed by atoms with Crippen molar-refractivity contribution < 1.29 is 0 Å². The first-order valence-corrected chi connectivity index (χ1v) is 8.18. The third-order valence-electron chi connectivity index (χ3n) is 4.64. The molecule has 1 unspecified atom stereocenters. The molecular formula is C16H24Cl2N2. The van der Waals surface area contributed by atoms with E-state index in [2.05, 4.69) is 31.0 Å². The van der Waals surface area contributed by atoms with E-state index in [1.54, 1.807) is 0 Å². The highest BCUT2D eigenvalue weighted by Crippen LogP contribution is 2.27. The Hall–Kier alpha value is -0.280. The molecule has 1 N–H and O–H groups in total. The molecule has 20 heavy (non-hydrogen) atoms. The summed E-state index contributed by atoms with van der Waals surface area (Å²) in [5.74, 6) is 0. The molecule has 0 bridgehead atoms. The van der Waals surface area contributed by atoms with Gasteiger partial charge in [-0.25, -0.2) is 0 Å². The minimum absolute atomic E-state index is 0.234. The van der Waals surface area contributed by atoms with Gasteiger partial charge in [-0.05, 0) is 43.5 Å². The van der Waals surface area contributed by atoms with Crippen LogP contribution in [-0.4, -0.2) is 29.6 Å². The van der Waals surface area contributed by atoms with Gasteiger partial charge in [0, 0.05) is 41.3 Å². The highest BCUT2D eigenvalue weighted by molar-refractivity contribution is 6.33. The van der Waals surface area contributed by atoms with E-state index in [9.17, 15) is 0 Å². The fourth-order valence-electron chi connectivity index (χ4n) is 2.91. The summed E-state index contributed by atoms with van der Waals surface area (Å²) in [4.78, 5) is 2.51. The zero-order chi connectivity index (χ0) is 14.8. The van der Waals surface area contributed by atoms with Crippen molar-refractivity contribution in [1.82, 2.24) is 10.2 Å². The first-order chi connectivity index (χ1) is 9.49. The summed E-state index contributed by atoms with van der Waals surface area (Å²) in [6.07, 6.45) is 2.30. The van der Waals surface area contributed by atoms with Crippen molar-refractivity contribution in [1.29, 1.82) is 0 Å². The Bertz CT molecular complexity index is 458. The molecular weight excluding hydrogens is 291 g/mol. The zero-order valence-electron chi connectivity index (χ0n) is 12.5. The standard InChI is InChI=1S/C16H24Cl2N2/c1-4-16(5-2)11-20(12(3)9-19-16)10-13-8-14(17)6-7-15(13)18/h6-8,12,19H,4-5,9-11H2,1-3H3. The predicted octanol–water partition coefficient (Wildman–Crippen LogP) is 4.35. The van der Waals surface area contributed by atoms with E-state index in [-0.39, 0.29) is 5.54 Å². The molecule has 1 saturated heterocycles. The highest BCUT2D eigenvalue weighted by Gasteiger charge is 2.35. The first kappa shape index (κ1) is 16.1. The minimum Gasteiger partial charge on any atom is -0.308 e. The van der Waals surface area contributed by atoms with Crippen LogP contribution < -0.4 is 5.32 Å². The van der Waals surface area contributed by atoms with Gasteiger partial charge in [-0.2, -0.15) is 0 Å². The van der Waals surface area contributed by atoms with Crippen molar-refractivity contribution in [3.63, 3.8) is 0 Å². The summed E-state index contributed by atoms with van der Waals surface area (Å²) in [7, 11) is 0. The minimum atomic E-state index is 0.234. The van der Waals surface area contributed by atoms with Crippen LogP contribution in [0.1, 0.15) is 39.2 Å². The van der Waals surface area contributed by atoms with Gasteiger partial charge in [0.1, 0.15) is 0 Å². The van der Waals surface area contributed by atoms with E-state index in [0.29, 0.717) is 6.04 Å². The Balaban J connectivity index is 2.16. The van der Waals surface area contributed by atoms with Crippen LogP contribution in [0.2, 0.25) is 10.0 Å². The van der Waals surface area contributed by atoms with Crippen LogP contribution in [0.4, 0.5) is 0 Å². The van der Waals surface area contributed by atoms with Gasteiger partial charge in [0.15, 0.2) is 0 Å². The molecule has 0 spiro atoms. The van der Waals surface area contributed by atoms with Crippen LogP contribution in [0, 0.1) is 0 Å². The number of halogens is 2. The smallest absolute Gasteiger partial charge is 0.0452 e. The Morgan fingerprint density at radius 2 is 2.00 bits per heavy atom. The van der Waals surface area contributed by atoms with Gasteiger partial charge in [-0.15, -0.1) is 0 Å². The number of hydrogen-bond donors (Lipinski definition) is 1. The lowest BCUT2D eigenvalue weighted by Crippen LogP contribution is -2.62. The molecule has 0 radical (unpaired) electrons. The second-order valence-electron chi connectivity index (χ2n) is 5.86. The molecule has 1 fully saturated rings. The van der Waals surface area contributed by atoms with Crippen LogP contribution >= 0.6 is 23.2 Å². The maximum Gasteiger partial charge on any atom is 0.0452 e. The molecule has 0 amide bonds. The third-order valence-corrected chi connectivity index (χ3v) is 5.24. The summed E-state index contributed by atoms with van der Waals surface area (Å²) < 4.78 is 0. The molecule has 1 aromatic carbocycles. The summed E-state index contributed by atoms with van der Waals surface area (Å²) in [5.41, 5.74) is 1.35. The van der Waals surface area contributed by atoms with Gasteiger partial charge in [0.2, 0.25) is 0 Å². The van der Waals surface area contributed by atoms with Crippen LogP contribution in [0.3, 0.4) is 0 Å². The van der Waals surface area contributed by atoms with Gasteiger partial charge in [-0.3, -0.25) is 4.90 Å². The zero-order valence-corrected chi connectivity index (χ0v) is 14.1. The van der Waals surface area contributed by atoms with E-state index in [4.69, 9.17) is 23.2 Å². The number of rotatable bonds is 4. The summed E-state index contributed by atoms with van der Waals surface area (Å²) in [6, 6.07) is 6.23. The molecule has 0 aliphatic carbocycles. The molecule has 0 saturated carbocycles. The third kappa shape index (κ3) is 3.48. The Morgan fingerprint density at radius 3 is 2.65 bits per heavy atom. The van der Waals surface area contributed by atoms with Crippen molar-refractivity contribution in [3.8, 4) is 0 Å². The Labute approximate surface area is 132 Å². The molecule has 1 aliphatic rings. The lowest BCUT2D eigenvalue weighted by atomic mass is 9.88. The molecule has 4 heteroatoms. The van der Waals surface area contributed by atoms with Crippen LogP contribution in [0.25, 0.3) is 0 Å². The van der Waals surface area contributed by atoms with Crippen LogP contribution in [0.5, 0.6) is 0 Å². The normalized spacial score (nSPS) is 22.9. The fourth-order valence-corrected chi connectivity index (χ4v) is 3.28. The maximum absolute atomic E-state index is 6.30. The lowest BCUT2D eigenvalue weighted by Gasteiger charge is -2.46. The molecule has 0 aromatic heterocycles. The molecule has 1 heterocycles. The van der Waals surface area contributed by atoms with Gasteiger partial charge >= 0.3 is 0 Å². The van der Waals surface area contributed by atoms with Gasteiger partial charge in [0.05, 0.1) is 0 Å². The molecule has 2 rings (SSSR count). The summed E-state index contributed by atoms with van der Waals surface area (Å²) >= 11 is 12.4. The van der Waals surface area contributed by atoms with E-state index >= 15 is 0 Å². The first-order valence-electron chi connectivity index (χ1n) is 7.42. The number of nitrogens with one attached hydrogen (secondary N) is 1. The van der Waals surface area contributed by atoms with Crippen LogP contribution in [-0.2, 0) is 6.54 Å². The molecule has 2 nitrogen and oxygen atoms in total. The van der Waals surface area contributed by atoms with Crippen molar-refractivity contribution >= 4 is 23.2 Å². The molecule has 1 aromatic rings. The summed E-state index contributed by atoms with van der Waals surface area (Å²) in [5, 5.41) is 5.28. The van der Waals surface area contributed by atoms with Crippen molar-refractivity contribution in [3.05, 3.63) is 33.8 Å². The summed E-state index contributed by atoms with van der Waals surface area (Å²) in [6.45, 7) is 9.74. The number of piperazine rings is 1. The average molecular weight is 315 g/mol. The van der Waals surface area contributed by atoms with Gasteiger partial charge in [-0.1, -0.05) is 37.0 Å². The lowest BCUT2D eigenvalue weighted by molar-refractivity contribution is 0.0746. The van der Waals surface area contributed by atoms with E-state index < -0.39 is 0 Å². The molecule has 112 valence electrons. The SMILES string of the molecule is CCC1(CC)CN(Cc2cc(Cl)ccc2Cl)C(C)CN1. The quantitative estimate of drug-likeness (QED) is 0.889. The fraction of sp³-hybridized carbons (Fsp3) is 0.625. The predicted molar refractivity (Wildman–Crippen MR) is 87.6 cm³/mol. The van der Waals surface area contributed by atoms with Crippen LogP contribution in [0.15, 0.2) is 18.2 Å². The largest absolute Gasteiger partial charge is 0.308 e. The second-order valence-corrected chi connectivity index (χ2v) is 6.70. The highest BCUT2D eigenvalue weighted by atomic mass is 35.5. The average Bonchev–Trinajstić information content (AvgIpc) is 2.45. The van der Waals surface area contributed by atoms with Crippen molar-refractivity contribution in [2.24, 2.45) is 0 Å². The number of nitrogens with zero attached hydrogens (tertiary/aromatic N) is 1. The maximum atomic E-state index is 6.30. The van der Waals surface area contributed by atoms with E-state index in [0.717, 1.165) is 48.1 Å². The van der Waals surface area contributed by atoms with Crippen molar-refractivity contribution in [2.45, 2.75) is 51.7 Å². The van der Waals surface area contributed by atoms with Gasteiger partial charge < -0.3 is 5.32 Å². The van der Waals surface area contributed by atoms with E-state index in [1.165, 1.54) is 0 Å². The molecule has 1 atom stereocenters. The Kier molecular flexibility index (Phi) is 5.36.